The molecule has 0 fully saturated rings. The van der Waals surface area contributed by atoms with Crippen LogP contribution in [0.15, 0.2) is 36.4 Å². The molecule has 0 aromatic heterocycles. The first-order chi connectivity index (χ1) is 8.49. The van der Waals surface area contributed by atoms with Crippen LogP contribution in [0.5, 0.6) is 0 Å². The average Bonchev–Trinajstić information content (AvgIpc) is 2.33. The third-order valence-corrected chi connectivity index (χ3v) is 2.53. The van der Waals surface area contributed by atoms with Crippen molar-refractivity contribution in [1.82, 2.24) is 0 Å². The van der Waals surface area contributed by atoms with Crippen LogP contribution in [0.4, 0.5) is 13.2 Å². The summed E-state index contributed by atoms with van der Waals surface area (Å²) in [5.74, 6) is -2.77. The largest absolute Gasteiger partial charge is 0.489 e. The fourth-order valence-electron chi connectivity index (χ4n) is 1.66. The van der Waals surface area contributed by atoms with E-state index in [4.69, 9.17) is 10.0 Å². The van der Waals surface area contributed by atoms with Gasteiger partial charge in [-0.25, -0.2) is 13.2 Å². The fourth-order valence-corrected chi connectivity index (χ4v) is 1.66. The zero-order chi connectivity index (χ0) is 13.3. The molecule has 0 unspecified atom stereocenters. The lowest BCUT2D eigenvalue weighted by molar-refractivity contribution is 0.425. The molecule has 6 heteroatoms. The number of hydrogen-bond acceptors (Lipinski definition) is 2. The summed E-state index contributed by atoms with van der Waals surface area (Å²) in [5, 5.41) is 18.3. The van der Waals surface area contributed by atoms with E-state index in [0.29, 0.717) is 11.6 Å². The summed E-state index contributed by atoms with van der Waals surface area (Å²) in [6.45, 7) is 0. The van der Waals surface area contributed by atoms with Gasteiger partial charge < -0.3 is 10.0 Å². The third-order valence-electron chi connectivity index (χ3n) is 2.53. The molecule has 2 rings (SSSR count). The maximum Gasteiger partial charge on any atom is 0.489 e. The minimum Gasteiger partial charge on any atom is -0.423 e. The second-order valence-electron chi connectivity index (χ2n) is 3.73. The maximum absolute atomic E-state index is 13.2. The van der Waals surface area contributed by atoms with E-state index in [1.165, 1.54) is 12.1 Å². The smallest absolute Gasteiger partial charge is 0.423 e. The summed E-state index contributed by atoms with van der Waals surface area (Å²) < 4.78 is 39.0. The molecule has 0 aliphatic heterocycles. The SMILES string of the molecule is OB(O)c1cc(F)c(F)cc1-c1ccc(F)cc1. The van der Waals surface area contributed by atoms with Crippen molar-refractivity contribution in [3.05, 3.63) is 53.8 Å². The van der Waals surface area contributed by atoms with E-state index in [9.17, 15) is 13.2 Å². The van der Waals surface area contributed by atoms with Gasteiger partial charge in [0.1, 0.15) is 5.82 Å². The summed E-state index contributed by atoms with van der Waals surface area (Å²) >= 11 is 0. The van der Waals surface area contributed by atoms with Gasteiger partial charge in [-0.2, -0.15) is 0 Å². The number of rotatable bonds is 2. The van der Waals surface area contributed by atoms with Crippen molar-refractivity contribution in [3.63, 3.8) is 0 Å². The number of benzene rings is 2. The van der Waals surface area contributed by atoms with Crippen molar-refractivity contribution in [2.75, 3.05) is 0 Å². The van der Waals surface area contributed by atoms with Gasteiger partial charge in [0.2, 0.25) is 0 Å². The normalized spacial score (nSPS) is 10.5. The second-order valence-corrected chi connectivity index (χ2v) is 3.73. The minimum absolute atomic E-state index is 0.101. The first-order valence-corrected chi connectivity index (χ1v) is 5.10. The van der Waals surface area contributed by atoms with Gasteiger partial charge in [0.05, 0.1) is 0 Å². The van der Waals surface area contributed by atoms with Crippen LogP contribution in [-0.2, 0) is 0 Å². The van der Waals surface area contributed by atoms with Crippen molar-refractivity contribution < 1.29 is 23.2 Å². The Labute approximate surface area is 101 Å². The lowest BCUT2D eigenvalue weighted by Gasteiger charge is -2.10. The summed E-state index contributed by atoms with van der Waals surface area (Å²) in [7, 11) is -1.94. The van der Waals surface area contributed by atoms with Crippen LogP contribution in [0.1, 0.15) is 0 Å². The van der Waals surface area contributed by atoms with E-state index in [1.54, 1.807) is 0 Å². The van der Waals surface area contributed by atoms with Gasteiger partial charge in [-0.15, -0.1) is 0 Å². The Morgan fingerprint density at radius 2 is 1.39 bits per heavy atom. The Hall–Kier alpha value is -1.79. The summed E-state index contributed by atoms with van der Waals surface area (Å²) in [5.41, 5.74) is 0.280. The maximum atomic E-state index is 13.2. The molecular weight excluding hydrogens is 244 g/mol. The molecule has 0 radical (unpaired) electrons. The van der Waals surface area contributed by atoms with Crippen molar-refractivity contribution >= 4 is 12.6 Å². The number of halogens is 3. The van der Waals surface area contributed by atoms with E-state index in [-0.39, 0.29) is 11.0 Å². The quantitative estimate of drug-likeness (QED) is 0.794. The summed E-state index contributed by atoms with van der Waals surface area (Å²) in [6.07, 6.45) is 0. The molecule has 2 aromatic carbocycles. The van der Waals surface area contributed by atoms with Gasteiger partial charge in [-0.3, -0.25) is 0 Å². The van der Waals surface area contributed by atoms with Gasteiger partial charge in [0.15, 0.2) is 11.6 Å². The molecule has 0 amide bonds. The van der Waals surface area contributed by atoms with Crippen LogP contribution in [0.3, 0.4) is 0 Å². The zero-order valence-corrected chi connectivity index (χ0v) is 9.07. The Morgan fingerprint density at radius 3 is 1.94 bits per heavy atom. The molecule has 0 aliphatic carbocycles. The Morgan fingerprint density at radius 1 is 0.833 bits per heavy atom. The molecule has 0 aliphatic rings. The first-order valence-electron chi connectivity index (χ1n) is 5.10. The van der Waals surface area contributed by atoms with Crippen LogP contribution in [0.2, 0.25) is 0 Å². The predicted molar refractivity (Wildman–Crippen MR) is 61.6 cm³/mol. The predicted octanol–water partition coefficient (Wildman–Crippen LogP) is 1.45. The molecule has 2 aromatic rings. The van der Waals surface area contributed by atoms with Crippen LogP contribution in [-0.4, -0.2) is 17.2 Å². The van der Waals surface area contributed by atoms with Gasteiger partial charge >= 0.3 is 7.12 Å². The van der Waals surface area contributed by atoms with Gasteiger partial charge in [0, 0.05) is 0 Å². The van der Waals surface area contributed by atoms with Crippen molar-refractivity contribution in [2.45, 2.75) is 0 Å². The Kier molecular flexibility index (Phi) is 3.40. The summed E-state index contributed by atoms with van der Waals surface area (Å²) in [4.78, 5) is 0. The standard InChI is InChI=1S/C12H8BF3O2/c14-8-3-1-7(2-4-8)9-5-11(15)12(16)6-10(9)13(17)18/h1-6,17-18H. The molecule has 0 saturated carbocycles. The van der Waals surface area contributed by atoms with Crippen LogP contribution < -0.4 is 5.46 Å². The van der Waals surface area contributed by atoms with Crippen molar-refractivity contribution in [1.29, 1.82) is 0 Å². The zero-order valence-electron chi connectivity index (χ0n) is 9.07. The molecule has 18 heavy (non-hydrogen) atoms. The monoisotopic (exact) mass is 252 g/mol. The van der Waals surface area contributed by atoms with Crippen LogP contribution >= 0.6 is 0 Å². The third kappa shape index (κ3) is 2.39. The fraction of sp³-hybridized carbons (Fsp3) is 0. The van der Waals surface area contributed by atoms with E-state index < -0.39 is 24.6 Å². The van der Waals surface area contributed by atoms with E-state index >= 15 is 0 Å². The van der Waals surface area contributed by atoms with Crippen molar-refractivity contribution in [3.8, 4) is 11.1 Å². The minimum atomic E-state index is -1.94. The average molecular weight is 252 g/mol. The molecule has 92 valence electrons. The van der Waals surface area contributed by atoms with Crippen molar-refractivity contribution in [2.24, 2.45) is 0 Å². The molecule has 2 N–H and O–H groups in total. The highest BCUT2D eigenvalue weighted by molar-refractivity contribution is 6.60. The molecule has 0 spiro atoms. The highest BCUT2D eigenvalue weighted by atomic mass is 19.2. The highest BCUT2D eigenvalue weighted by Crippen LogP contribution is 2.20. The Bertz CT molecular complexity index is 570. The molecular formula is C12H8BF3O2. The molecule has 2 nitrogen and oxygen atoms in total. The van der Waals surface area contributed by atoms with E-state index in [2.05, 4.69) is 0 Å². The second kappa shape index (κ2) is 4.84. The molecule has 0 saturated heterocycles. The topological polar surface area (TPSA) is 40.5 Å². The van der Waals surface area contributed by atoms with Gasteiger partial charge in [-0.1, -0.05) is 12.1 Å². The first kappa shape index (κ1) is 12.7. The Balaban J connectivity index is 2.62. The van der Waals surface area contributed by atoms with Gasteiger partial charge in [-0.05, 0) is 40.9 Å². The lowest BCUT2D eigenvalue weighted by Crippen LogP contribution is -2.32. The molecule has 0 heterocycles. The van der Waals surface area contributed by atoms with Crippen LogP contribution in [0, 0.1) is 17.5 Å². The summed E-state index contributed by atoms with van der Waals surface area (Å²) in [6, 6.07) is 6.52. The molecule has 0 bridgehead atoms. The van der Waals surface area contributed by atoms with Gasteiger partial charge in [0.25, 0.3) is 0 Å². The highest BCUT2D eigenvalue weighted by Gasteiger charge is 2.20. The van der Waals surface area contributed by atoms with Crippen LogP contribution in [0.25, 0.3) is 11.1 Å². The molecule has 0 atom stereocenters. The van der Waals surface area contributed by atoms with E-state index in [1.807, 2.05) is 0 Å². The van der Waals surface area contributed by atoms with E-state index in [0.717, 1.165) is 18.2 Å². The lowest BCUT2D eigenvalue weighted by atomic mass is 9.75. The number of hydrogen-bond donors (Lipinski definition) is 2.